The Labute approximate surface area is 187 Å². The number of alkyl halides is 1. The van der Waals surface area contributed by atoms with E-state index in [1.807, 2.05) is 57.5 Å². The lowest BCUT2D eigenvalue weighted by molar-refractivity contribution is -0.143. The van der Waals surface area contributed by atoms with Crippen molar-refractivity contribution in [3.8, 4) is 10.4 Å². The predicted molar refractivity (Wildman–Crippen MR) is 121 cm³/mol. The molecular formula is C23H31FN4O2S. The summed E-state index contributed by atoms with van der Waals surface area (Å²) in [5.74, 6) is -0.691. The lowest BCUT2D eigenvalue weighted by atomic mass is 9.86. The molecule has 8 heteroatoms. The molecular weight excluding hydrogens is 415 g/mol. The fourth-order valence-electron chi connectivity index (χ4n) is 4.05. The summed E-state index contributed by atoms with van der Waals surface area (Å²) in [6.07, 6.45) is -1.19. The lowest BCUT2D eigenvalue weighted by Gasteiger charge is -2.34. The third kappa shape index (κ3) is 5.13. The van der Waals surface area contributed by atoms with Crippen LogP contribution >= 0.6 is 11.3 Å². The van der Waals surface area contributed by atoms with Gasteiger partial charge in [0.05, 0.1) is 22.1 Å². The zero-order chi connectivity index (χ0) is 22.8. The van der Waals surface area contributed by atoms with Gasteiger partial charge < -0.3 is 15.5 Å². The Bertz CT molecular complexity index is 922. The molecule has 1 aromatic carbocycles. The first-order valence-corrected chi connectivity index (χ1v) is 11.4. The summed E-state index contributed by atoms with van der Waals surface area (Å²) in [4.78, 5) is 32.7. The van der Waals surface area contributed by atoms with Crippen LogP contribution in [0.4, 0.5) is 4.39 Å². The molecule has 1 saturated heterocycles. The molecule has 31 heavy (non-hydrogen) atoms. The minimum absolute atomic E-state index is 0.174. The van der Waals surface area contributed by atoms with E-state index in [1.165, 1.54) is 4.90 Å². The fraction of sp³-hybridized carbons (Fsp3) is 0.522. The molecule has 6 nitrogen and oxygen atoms in total. The summed E-state index contributed by atoms with van der Waals surface area (Å²) >= 11 is 1.59. The number of likely N-dealkylation sites (tertiary alicyclic amines) is 1. The highest BCUT2D eigenvalue weighted by molar-refractivity contribution is 7.13. The van der Waals surface area contributed by atoms with Crippen LogP contribution in [0.1, 0.15) is 38.4 Å². The Morgan fingerprint density at radius 2 is 1.97 bits per heavy atom. The number of halogens is 1. The van der Waals surface area contributed by atoms with Gasteiger partial charge in [-0.2, -0.15) is 0 Å². The van der Waals surface area contributed by atoms with Gasteiger partial charge in [0.2, 0.25) is 11.8 Å². The van der Waals surface area contributed by atoms with E-state index in [2.05, 4.69) is 15.6 Å². The van der Waals surface area contributed by atoms with Crippen molar-refractivity contribution < 1.29 is 14.0 Å². The summed E-state index contributed by atoms with van der Waals surface area (Å²) in [5.41, 5.74) is 4.44. The second-order valence-electron chi connectivity index (χ2n) is 9.05. The quantitative estimate of drug-likeness (QED) is 0.714. The maximum Gasteiger partial charge on any atom is 0.246 e. The second kappa shape index (κ2) is 9.44. The van der Waals surface area contributed by atoms with Gasteiger partial charge in [0.25, 0.3) is 0 Å². The highest BCUT2D eigenvalue weighted by Gasteiger charge is 2.45. The first-order chi connectivity index (χ1) is 14.6. The Kier molecular flexibility index (Phi) is 7.11. The van der Waals surface area contributed by atoms with Gasteiger partial charge >= 0.3 is 0 Å². The molecule has 0 spiro atoms. The Morgan fingerprint density at radius 1 is 1.29 bits per heavy atom. The predicted octanol–water partition coefficient (Wildman–Crippen LogP) is 3.31. The molecule has 2 amide bonds. The van der Waals surface area contributed by atoms with Gasteiger partial charge in [0.1, 0.15) is 12.2 Å². The van der Waals surface area contributed by atoms with E-state index >= 15 is 0 Å². The van der Waals surface area contributed by atoms with Gasteiger partial charge in [-0.1, -0.05) is 45.0 Å². The SMILES string of the molecule is CNC(C(=O)N1CC[C@H](F)[C@H]1C(=O)NCc1ccc(-c2scnc2C)cc1)C(C)(C)C. The molecule has 1 fully saturated rings. The maximum absolute atomic E-state index is 14.6. The molecule has 3 atom stereocenters. The van der Waals surface area contributed by atoms with E-state index < -0.39 is 24.2 Å². The number of thiazole rings is 1. The Balaban J connectivity index is 1.66. The smallest absolute Gasteiger partial charge is 0.246 e. The summed E-state index contributed by atoms with van der Waals surface area (Å²) in [6, 6.07) is 6.28. The number of likely N-dealkylation sites (N-methyl/N-ethyl adjacent to an activating group) is 1. The van der Waals surface area contributed by atoms with Gasteiger partial charge in [0, 0.05) is 13.1 Å². The van der Waals surface area contributed by atoms with Crippen LogP contribution in [0.15, 0.2) is 29.8 Å². The monoisotopic (exact) mass is 446 g/mol. The third-order valence-electron chi connectivity index (χ3n) is 5.71. The van der Waals surface area contributed by atoms with Crippen molar-refractivity contribution in [2.75, 3.05) is 13.6 Å². The van der Waals surface area contributed by atoms with Crippen LogP contribution in [-0.4, -0.2) is 53.5 Å². The highest BCUT2D eigenvalue weighted by Crippen LogP contribution is 2.28. The molecule has 2 N–H and O–H groups in total. The van der Waals surface area contributed by atoms with Crippen molar-refractivity contribution in [3.63, 3.8) is 0 Å². The molecule has 2 heterocycles. The molecule has 0 saturated carbocycles. The maximum atomic E-state index is 14.6. The number of nitrogens with one attached hydrogen (secondary N) is 2. The molecule has 0 bridgehead atoms. The number of rotatable bonds is 6. The molecule has 1 aliphatic heterocycles. The number of carbonyl (C=O) groups is 2. The van der Waals surface area contributed by atoms with Crippen molar-refractivity contribution in [1.29, 1.82) is 0 Å². The number of carbonyl (C=O) groups excluding carboxylic acids is 2. The fourth-order valence-corrected chi connectivity index (χ4v) is 4.86. The number of amides is 2. The van der Waals surface area contributed by atoms with Gasteiger partial charge in [0.15, 0.2) is 0 Å². The average Bonchev–Trinajstić information content (AvgIpc) is 3.31. The van der Waals surface area contributed by atoms with Gasteiger partial charge in [-0.15, -0.1) is 11.3 Å². The minimum Gasteiger partial charge on any atom is -0.350 e. The van der Waals surface area contributed by atoms with Crippen LogP contribution in [0.2, 0.25) is 0 Å². The number of aryl methyl sites for hydroxylation is 1. The average molecular weight is 447 g/mol. The molecule has 168 valence electrons. The number of nitrogens with zero attached hydrogens (tertiary/aromatic N) is 2. The van der Waals surface area contributed by atoms with Crippen LogP contribution < -0.4 is 10.6 Å². The van der Waals surface area contributed by atoms with E-state index in [4.69, 9.17) is 0 Å². The summed E-state index contributed by atoms with van der Waals surface area (Å²) in [7, 11) is 1.71. The van der Waals surface area contributed by atoms with E-state index in [9.17, 15) is 14.0 Å². The van der Waals surface area contributed by atoms with Crippen molar-refractivity contribution >= 4 is 23.2 Å². The van der Waals surface area contributed by atoms with Crippen LogP contribution in [0.3, 0.4) is 0 Å². The zero-order valence-electron chi connectivity index (χ0n) is 18.7. The lowest BCUT2D eigenvalue weighted by Crippen LogP contribution is -2.57. The molecule has 2 aromatic rings. The van der Waals surface area contributed by atoms with Crippen LogP contribution in [0, 0.1) is 12.3 Å². The van der Waals surface area contributed by atoms with Gasteiger partial charge in [-0.25, -0.2) is 9.37 Å². The Morgan fingerprint density at radius 3 is 2.52 bits per heavy atom. The number of hydrogen-bond acceptors (Lipinski definition) is 5. The molecule has 3 rings (SSSR count). The van der Waals surface area contributed by atoms with E-state index in [0.29, 0.717) is 0 Å². The van der Waals surface area contributed by atoms with Crippen LogP contribution in [-0.2, 0) is 16.1 Å². The summed E-state index contributed by atoms with van der Waals surface area (Å²) in [6.45, 7) is 8.33. The molecule has 1 unspecified atom stereocenters. The topological polar surface area (TPSA) is 74.3 Å². The van der Waals surface area contributed by atoms with Gasteiger partial charge in [-0.05, 0) is 36.9 Å². The second-order valence-corrected chi connectivity index (χ2v) is 9.91. The summed E-state index contributed by atoms with van der Waals surface area (Å²) < 4.78 is 14.6. The standard InChI is InChI=1S/C23H31FN4O2S/c1-14-19(31-13-27-14)16-8-6-15(7-9-16)12-26-21(29)18-17(24)10-11-28(18)22(30)20(25-5)23(2,3)4/h6-9,13,17-18,20,25H,10-12H2,1-5H3,(H,26,29)/t17-,18-,20?/m0/s1. The largest absolute Gasteiger partial charge is 0.350 e. The van der Waals surface area contributed by atoms with E-state index in [1.54, 1.807) is 18.4 Å². The first-order valence-electron chi connectivity index (χ1n) is 10.5. The third-order valence-corrected chi connectivity index (χ3v) is 6.68. The number of hydrogen-bond donors (Lipinski definition) is 2. The van der Waals surface area contributed by atoms with Crippen molar-refractivity contribution in [2.24, 2.45) is 5.41 Å². The molecule has 0 aliphatic carbocycles. The van der Waals surface area contributed by atoms with Crippen molar-refractivity contribution in [2.45, 2.75) is 58.9 Å². The van der Waals surface area contributed by atoms with Crippen molar-refractivity contribution in [3.05, 3.63) is 41.0 Å². The zero-order valence-corrected chi connectivity index (χ0v) is 19.6. The molecule has 1 aromatic heterocycles. The normalized spacial score (nSPS) is 20.0. The number of aromatic nitrogens is 1. The van der Waals surface area contributed by atoms with Crippen LogP contribution in [0.5, 0.6) is 0 Å². The van der Waals surface area contributed by atoms with E-state index in [0.717, 1.165) is 21.7 Å². The highest BCUT2D eigenvalue weighted by atomic mass is 32.1. The first kappa shape index (κ1) is 23.3. The van der Waals surface area contributed by atoms with Crippen molar-refractivity contribution in [1.82, 2.24) is 20.5 Å². The van der Waals surface area contributed by atoms with Crippen LogP contribution in [0.25, 0.3) is 10.4 Å². The molecule has 1 aliphatic rings. The molecule has 0 radical (unpaired) electrons. The van der Waals surface area contributed by atoms with E-state index in [-0.39, 0.29) is 30.8 Å². The van der Waals surface area contributed by atoms with Gasteiger partial charge in [-0.3, -0.25) is 9.59 Å². The summed E-state index contributed by atoms with van der Waals surface area (Å²) in [5, 5.41) is 5.84. The number of benzene rings is 1. The minimum atomic E-state index is -1.36. The Hall–Kier alpha value is -2.32.